The molecule has 9 nitrogen and oxygen atoms in total. The Morgan fingerprint density at radius 3 is 2.25 bits per heavy atom. The highest BCUT2D eigenvalue weighted by atomic mass is 19.4. The fourth-order valence-corrected chi connectivity index (χ4v) is 11.8. The molecule has 0 saturated heterocycles. The average Bonchev–Trinajstić information content (AvgIpc) is 3.33. The first-order chi connectivity index (χ1) is 23.6. The Kier molecular flexibility index (Phi) is 10.9. The first-order valence-corrected chi connectivity index (χ1v) is 18.6. The van der Waals surface area contributed by atoms with Crippen molar-refractivity contribution in [2.45, 2.75) is 146 Å². The number of methoxy groups -OCH3 is 1. The normalized spacial score (nSPS) is 41.6. The van der Waals surface area contributed by atoms with Gasteiger partial charge in [-0.25, -0.2) is 4.79 Å². The van der Waals surface area contributed by atoms with Crippen LogP contribution in [0.25, 0.3) is 0 Å². The number of ether oxygens (including phenoxy) is 2. The van der Waals surface area contributed by atoms with E-state index in [0.717, 1.165) is 19.2 Å². The molecule has 4 saturated carbocycles. The highest BCUT2D eigenvalue weighted by molar-refractivity contribution is 5.82. The van der Waals surface area contributed by atoms with Crippen LogP contribution < -0.4 is 0 Å². The predicted octanol–water partition coefficient (Wildman–Crippen LogP) is 5.02. The van der Waals surface area contributed by atoms with Crippen molar-refractivity contribution in [2.24, 2.45) is 40.4 Å². The van der Waals surface area contributed by atoms with Gasteiger partial charge in [-0.1, -0.05) is 70.9 Å². The van der Waals surface area contributed by atoms with E-state index < -0.39 is 87.7 Å². The van der Waals surface area contributed by atoms with Crippen molar-refractivity contribution < 1.29 is 58.1 Å². The fraction of sp³-hybridized carbons (Fsp3) is 0.821. The average molecular weight is 729 g/mol. The third kappa shape index (κ3) is 6.26. The van der Waals surface area contributed by atoms with Gasteiger partial charge in [0.05, 0.1) is 35.1 Å². The summed E-state index contributed by atoms with van der Waals surface area (Å²) in [5, 5.41) is 69.3. The third-order valence-corrected chi connectivity index (χ3v) is 14.6. The number of fused-ring (bicyclic) bond motifs is 5. The number of rotatable bonds is 11. The summed E-state index contributed by atoms with van der Waals surface area (Å²) in [5.41, 5.74) is -9.72. The number of carbonyl (C=O) groups excluding carboxylic acids is 1. The van der Waals surface area contributed by atoms with Gasteiger partial charge in [0.15, 0.2) is 0 Å². The van der Waals surface area contributed by atoms with E-state index in [2.05, 4.69) is 13.8 Å². The van der Waals surface area contributed by atoms with Gasteiger partial charge in [-0.05, 0) is 74.5 Å². The van der Waals surface area contributed by atoms with Crippen LogP contribution in [0.2, 0.25) is 0 Å². The van der Waals surface area contributed by atoms with Crippen LogP contribution >= 0.6 is 0 Å². The smallest absolute Gasteiger partial charge is 0.432 e. The van der Waals surface area contributed by atoms with Crippen LogP contribution in [0, 0.1) is 40.4 Å². The molecule has 12 heteroatoms. The lowest BCUT2D eigenvalue weighted by molar-refractivity contribution is -0.315. The Bertz CT molecular complexity index is 1390. The molecule has 0 heterocycles. The Hall–Kier alpha value is -1.80. The molecule has 0 bridgehead atoms. The summed E-state index contributed by atoms with van der Waals surface area (Å²) in [6.45, 7) is 8.74. The summed E-state index contributed by atoms with van der Waals surface area (Å²) in [4.78, 5) is 13.2. The summed E-state index contributed by atoms with van der Waals surface area (Å²) in [6.07, 6.45) is -3.79. The molecule has 5 rings (SSSR count). The van der Waals surface area contributed by atoms with Crippen molar-refractivity contribution in [3.63, 3.8) is 0 Å². The molecule has 290 valence electrons. The number of benzene rings is 1. The second-order valence-electron chi connectivity index (χ2n) is 17.3. The first kappa shape index (κ1) is 40.4. The van der Waals surface area contributed by atoms with Gasteiger partial charge in [-0.15, -0.1) is 0 Å². The number of carbonyl (C=O) groups is 1. The van der Waals surface area contributed by atoms with Gasteiger partial charge < -0.3 is 40.1 Å². The van der Waals surface area contributed by atoms with Crippen LogP contribution in [0.15, 0.2) is 30.3 Å². The number of aliphatic hydroxyl groups excluding tert-OH is 3. The highest BCUT2D eigenvalue weighted by Crippen LogP contribution is 2.70. The zero-order valence-electron chi connectivity index (χ0n) is 30.8. The zero-order valence-corrected chi connectivity index (χ0v) is 30.8. The minimum atomic E-state index is -5.13. The monoisotopic (exact) mass is 728 g/mol. The number of hydrogen-bond acceptors (Lipinski definition) is 9. The van der Waals surface area contributed by atoms with Crippen molar-refractivity contribution in [1.82, 2.24) is 0 Å². The van der Waals surface area contributed by atoms with Gasteiger partial charge >= 0.3 is 12.1 Å². The Morgan fingerprint density at radius 1 is 1.02 bits per heavy atom. The van der Waals surface area contributed by atoms with Crippen LogP contribution in [0.5, 0.6) is 0 Å². The van der Waals surface area contributed by atoms with E-state index in [1.165, 1.54) is 25.1 Å². The van der Waals surface area contributed by atoms with E-state index in [1.807, 2.05) is 13.8 Å². The SMILES string of the molecule is CC[C@H](CC[C@@H](C)[C@H]1C[C@H](O)[C@@H]2[C@]1(C)CC[C@H]1[C@@]2(O)C[C@@H](O)[C@@]2(O)C[C@@H](O)CC[C@]12C)[C@@](C)(O)COC(=O)[C@](OC)(c1ccccc1)C(F)(F)F. The van der Waals surface area contributed by atoms with Crippen LogP contribution in [-0.2, 0) is 19.9 Å². The zero-order chi connectivity index (χ0) is 38.0. The maximum atomic E-state index is 14.4. The van der Waals surface area contributed by atoms with Gasteiger partial charge in [0.2, 0.25) is 0 Å². The van der Waals surface area contributed by atoms with Gasteiger partial charge in [-0.2, -0.15) is 13.2 Å². The summed E-state index contributed by atoms with van der Waals surface area (Å²) in [6, 6.07) is 6.53. The highest BCUT2D eigenvalue weighted by Gasteiger charge is 2.74. The molecule has 0 spiro atoms. The van der Waals surface area contributed by atoms with Crippen LogP contribution in [0.3, 0.4) is 0 Å². The molecule has 51 heavy (non-hydrogen) atoms. The van der Waals surface area contributed by atoms with E-state index >= 15 is 0 Å². The molecular formula is C39H59F3O9. The topological polar surface area (TPSA) is 157 Å². The van der Waals surface area contributed by atoms with Gasteiger partial charge in [0.25, 0.3) is 5.60 Å². The van der Waals surface area contributed by atoms with Crippen LogP contribution in [0.1, 0.15) is 104 Å². The molecule has 0 aromatic heterocycles. The van der Waals surface area contributed by atoms with E-state index in [0.29, 0.717) is 51.4 Å². The number of hydrogen-bond donors (Lipinski definition) is 6. The van der Waals surface area contributed by atoms with Gasteiger partial charge in [-0.3, -0.25) is 0 Å². The lowest BCUT2D eigenvalue weighted by atomic mass is 9.40. The van der Waals surface area contributed by atoms with Crippen molar-refractivity contribution in [1.29, 1.82) is 0 Å². The molecule has 0 aliphatic heterocycles. The summed E-state index contributed by atoms with van der Waals surface area (Å²) < 4.78 is 53.2. The fourth-order valence-electron chi connectivity index (χ4n) is 11.8. The lowest BCUT2D eigenvalue weighted by Crippen LogP contribution is -2.75. The number of halogens is 3. The minimum absolute atomic E-state index is 0.0123. The first-order valence-electron chi connectivity index (χ1n) is 18.6. The molecule has 0 radical (unpaired) electrons. The molecule has 14 atom stereocenters. The maximum absolute atomic E-state index is 14.4. The molecule has 6 N–H and O–H groups in total. The van der Waals surface area contributed by atoms with Crippen molar-refractivity contribution in [3.8, 4) is 0 Å². The largest absolute Gasteiger partial charge is 0.460 e. The second kappa shape index (κ2) is 13.8. The minimum Gasteiger partial charge on any atom is -0.460 e. The van der Waals surface area contributed by atoms with Crippen molar-refractivity contribution in [3.05, 3.63) is 35.9 Å². The Morgan fingerprint density at radius 2 is 1.67 bits per heavy atom. The summed E-state index contributed by atoms with van der Waals surface area (Å²) in [7, 11) is 0.796. The van der Waals surface area contributed by atoms with Crippen LogP contribution in [0.4, 0.5) is 13.2 Å². The number of esters is 1. The Labute approximate surface area is 299 Å². The van der Waals surface area contributed by atoms with Crippen molar-refractivity contribution in [2.75, 3.05) is 13.7 Å². The van der Waals surface area contributed by atoms with E-state index in [4.69, 9.17) is 9.47 Å². The summed E-state index contributed by atoms with van der Waals surface area (Å²) >= 11 is 0. The molecule has 4 aliphatic rings. The standard InChI is InChI=1S/C39H59F3O9/c1-7-24(35(5,47)22-51-32(46)38(50-6,39(40,41)42)25-11-9-8-10-12-25)14-13-23(2)27-19-28(44)31-33(27,3)17-16-29-34(4)18-15-26(43)20-37(34,49)30(45)21-36(29,31)48/h8-12,23-24,26-31,43-45,47-49H,7,13-22H2,1-6H3/t23-,24-,26+,27-,28+,29-,30-,31-,33-,34-,35+,36+,37+,38-/m1/s1. The second-order valence-corrected chi connectivity index (χ2v) is 17.3. The Balaban J connectivity index is 1.28. The predicted molar refractivity (Wildman–Crippen MR) is 182 cm³/mol. The summed E-state index contributed by atoms with van der Waals surface area (Å²) in [5.74, 6) is -2.99. The third-order valence-electron chi connectivity index (χ3n) is 14.6. The van der Waals surface area contributed by atoms with E-state index in [1.54, 1.807) is 0 Å². The molecule has 4 fully saturated rings. The number of alkyl halides is 3. The van der Waals surface area contributed by atoms with Gasteiger partial charge in [0.1, 0.15) is 6.61 Å². The molecule has 0 amide bonds. The molecule has 0 unspecified atom stereocenters. The molecule has 1 aromatic carbocycles. The van der Waals surface area contributed by atoms with E-state index in [-0.39, 0.29) is 30.6 Å². The van der Waals surface area contributed by atoms with Gasteiger partial charge in [0, 0.05) is 36.8 Å². The van der Waals surface area contributed by atoms with Crippen LogP contribution in [-0.4, -0.2) is 91.6 Å². The van der Waals surface area contributed by atoms with E-state index in [9.17, 15) is 48.6 Å². The molecular weight excluding hydrogens is 669 g/mol. The molecule has 1 aromatic rings. The maximum Gasteiger partial charge on any atom is 0.432 e. The number of aliphatic hydroxyl groups is 6. The molecule has 4 aliphatic carbocycles. The van der Waals surface area contributed by atoms with Crippen molar-refractivity contribution >= 4 is 5.97 Å². The lowest BCUT2D eigenvalue weighted by Gasteiger charge is -2.68. The quantitative estimate of drug-likeness (QED) is 0.172.